The Morgan fingerprint density at radius 2 is 2.19 bits per heavy atom. The summed E-state index contributed by atoms with van der Waals surface area (Å²) in [7, 11) is -1.97. The van der Waals surface area contributed by atoms with Crippen LogP contribution in [0.1, 0.15) is 24.0 Å². The van der Waals surface area contributed by atoms with Crippen molar-refractivity contribution in [1.82, 2.24) is 4.31 Å². The summed E-state index contributed by atoms with van der Waals surface area (Å²) < 4.78 is 33.0. The van der Waals surface area contributed by atoms with Gasteiger partial charge in [0, 0.05) is 31.2 Å². The highest BCUT2D eigenvalue weighted by molar-refractivity contribution is 9.10. The summed E-state index contributed by atoms with van der Waals surface area (Å²) >= 11 is 3.38. The Hall–Kier alpha value is -0.470. The fourth-order valence-corrected chi connectivity index (χ4v) is 4.68. The molecule has 1 saturated heterocycles. The molecule has 0 spiro atoms. The van der Waals surface area contributed by atoms with Crippen LogP contribution in [-0.4, -0.2) is 39.0 Å². The number of benzene rings is 1. The zero-order valence-corrected chi connectivity index (χ0v) is 14.7. The average molecular weight is 377 g/mol. The number of ether oxygens (including phenoxy) is 1. The van der Waals surface area contributed by atoms with E-state index in [0.717, 1.165) is 24.0 Å². The highest BCUT2D eigenvalue weighted by atomic mass is 79.9. The van der Waals surface area contributed by atoms with Gasteiger partial charge in [0.25, 0.3) is 0 Å². The Morgan fingerprint density at radius 3 is 2.76 bits per heavy atom. The van der Waals surface area contributed by atoms with Gasteiger partial charge in [0.05, 0.1) is 11.0 Å². The molecule has 1 aromatic rings. The lowest BCUT2D eigenvalue weighted by Gasteiger charge is -2.22. The maximum atomic E-state index is 12.8. The predicted molar refractivity (Wildman–Crippen MR) is 85.6 cm³/mol. The number of aryl methyl sites for hydroxylation is 1. The van der Waals surface area contributed by atoms with Gasteiger partial charge >= 0.3 is 0 Å². The first-order chi connectivity index (χ1) is 9.86. The van der Waals surface area contributed by atoms with Crippen LogP contribution in [0.4, 0.5) is 0 Å². The number of hydrogen-bond donors (Lipinski definition) is 1. The number of rotatable bonds is 5. The fraction of sp³-hybridized carbons (Fsp3) is 0.571. The van der Waals surface area contributed by atoms with Gasteiger partial charge in [-0.05, 0) is 52.9 Å². The molecule has 0 amide bonds. The van der Waals surface area contributed by atoms with Crippen molar-refractivity contribution < 1.29 is 13.2 Å². The largest absolute Gasteiger partial charge is 0.377 e. The molecule has 0 radical (unpaired) electrons. The zero-order valence-electron chi connectivity index (χ0n) is 12.3. The molecule has 0 aliphatic carbocycles. The molecule has 0 aromatic heterocycles. The van der Waals surface area contributed by atoms with Gasteiger partial charge in [-0.3, -0.25) is 0 Å². The Bertz CT molecular complexity index is 613. The molecule has 2 N–H and O–H groups in total. The first-order valence-electron chi connectivity index (χ1n) is 6.93. The third-order valence-corrected chi connectivity index (χ3v) is 6.85. The smallest absolute Gasteiger partial charge is 0.244 e. The minimum atomic E-state index is -3.56. The summed E-state index contributed by atoms with van der Waals surface area (Å²) in [6.45, 7) is 3.26. The molecular formula is C14H21BrN2O3S. The maximum absolute atomic E-state index is 12.8. The summed E-state index contributed by atoms with van der Waals surface area (Å²) in [6.07, 6.45) is 1.88. The number of hydrogen-bond acceptors (Lipinski definition) is 4. The van der Waals surface area contributed by atoms with Crippen LogP contribution >= 0.6 is 15.9 Å². The van der Waals surface area contributed by atoms with Gasteiger partial charge in [0.15, 0.2) is 0 Å². The Labute approximate surface area is 134 Å². The van der Waals surface area contributed by atoms with Crippen molar-refractivity contribution >= 4 is 26.0 Å². The van der Waals surface area contributed by atoms with Gasteiger partial charge in [-0.25, -0.2) is 8.42 Å². The van der Waals surface area contributed by atoms with Gasteiger partial charge in [-0.15, -0.1) is 0 Å². The Balaban J connectivity index is 2.31. The van der Waals surface area contributed by atoms with Crippen molar-refractivity contribution in [3.05, 3.63) is 27.7 Å². The number of likely N-dealkylation sites (N-methyl/N-ethyl adjacent to an activating group) is 1. The summed E-state index contributed by atoms with van der Waals surface area (Å²) in [5.74, 6) is 0. The molecule has 1 aliphatic rings. The van der Waals surface area contributed by atoms with Gasteiger partial charge in [0.2, 0.25) is 10.0 Å². The summed E-state index contributed by atoms with van der Waals surface area (Å²) in [6, 6.07) is 3.53. The minimum absolute atomic E-state index is 0.0117. The lowest BCUT2D eigenvalue weighted by Crippen LogP contribution is -2.34. The highest BCUT2D eigenvalue weighted by Gasteiger charge is 2.28. The maximum Gasteiger partial charge on any atom is 0.244 e. The standard InChI is InChI=1S/C14H21BrN2O3S/c1-10-6-11(8-16)7-13(14(10)15)21(18,19)17(2)9-12-4-3-5-20-12/h6-7,12H,3-5,8-9,16H2,1-2H3. The molecule has 0 saturated carbocycles. The second-order valence-electron chi connectivity index (χ2n) is 5.35. The third kappa shape index (κ3) is 3.65. The van der Waals surface area contributed by atoms with Gasteiger partial charge in [0.1, 0.15) is 0 Å². The summed E-state index contributed by atoms with van der Waals surface area (Å²) in [5.41, 5.74) is 7.31. The first kappa shape index (κ1) is 16.9. The van der Waals surface area contributed by atoms with E-state index in [-0.39, 0.29) is 11.0 Å². The average Bonchev–Trinajstić information content (AvgIpc) is 2.94. The van der Waals surface area contributed by atoms with Crippen LogP contribution < -0.4 is 5.73 Å². The van der Waals surface area contributed by atoms with Crippen LogP contribution in [0.2, 0.25) is 0 Å². The molecule has 118 valence electrons. The SMILES string of the molecule is Cc1cc(CN)cc(S(=O)(=O)N(C)CC2CCCO2)c1Br. The van der Waals surface area contributed by atoms with Gasteiger partial charge in [-0.1, -0.05) is 6.07 Å². The number of nitrogens with two attached hydrogens (primary N) is 1. The van der Waals surface area contributed by atoms with Crippen molar-refractivity contribution in [2.75, 3.05) is 20.2 Å². The topological polar surface area (TPSA) is 72.6 Å². The third-order valence-electron chi connectivity index (χ3n) is 3.69. The van der Waals surface area contributed by atoms with Crippen molar-refractivity contribution in [3.8, 4) is 0 Å². The summed E-state index contributed by atoms with van der Waals surface area (Å²) in [4.78, 5) is 0.267. The van der Waals surface area contributed by atoms with Crippen molar-refractivity contribution in [1.29, 1.82) is 0 Å². The van der Waals surface area contributed by atoms with Crippen LogP contribution in [0, 0.1) is 6.92 Å². The predicted octanol–water partition coefficient (Wildman–Crippen LogP) is 2.02. The normalized spacial score (nSPS) is 19.4. The second kappa shape index (κ2) is 6.75. The van der Waals surface area contributed by atoms with E-state index in [9.17, 15) is 8.42 Å². The molecule has 0 bridgehead atoms. The number of sulfonamides is 1. The summed E-state index contributed by atoms with van der Waals surface area (Å²) in [5, 5.41) is 0. The zero-order chi connectivity index (χ0) is 15.6. The quantitative estimate of drug-likeness (QED) is 0.852. The van der Waals surface area contributed by atoms with E-state index in [1.165, 1.54) is 4.31 Å². The van der Waals surface area contributed by atoms with Crippen molar-refractivity contribution in [2.24, 2.45) is 5.73 Å². The molecule has 1 unspecified atom stereocenters. The Kier molecular flexibility index (Phi) is 5.43. The van der Waals surface area contributed by atoms with E-state index in [0.29, 0.717) is 24.2 Å². The van der Waals surface area contributed by atoms with Gasteiger partial charge < -0.3 is 10.5 Å². The molecule has 1 aromatic carbocycles. The van der Waals surface area contributed by atoms with E-state index < -0.39 is 10.0 Å². The number of halogens is 1. The van der Waals surface area contributed by atoms with Crippen LogP contribution in [0.5, 0.6) is 0 Å². The molecular weight excluding hydrogens is 356 g/mol. The van der Waals surface area contributed by atoms with E-state index in [1.807, 2.05) is 13.0 Å². The van der Waals surface area contributed by atoms with Crippen molar-refractivity contribution in [2.45, 2.75) is 37.3 Å². The van der Waals surface area contributed by atoms with Crippen LogP contribution in [-0.2, 0) is 21.3 Å². The minimum Gasteiger partial charge on any atom is -0.377 e. The monoisotopic (exact) mass is 376 g/mol. The highest BCUT2D eigenvalue weighted by Crippen LogP contribution is 2.29. The first-order valence-corrected chi connectivity index (χ1v) is 9.16. The molecule has 5 nitrogen and oxygen atoms in total. The molecule has 1 aliphatic heterocycles. The Morgan fingerprint density at radius 1 is 1.48 bits per heavy atom. The molecule has 1 fully saturated rings. The fourth-order valence-electron chi connectivity index (χ4n) is 2.46. The van der Waals surface area contributed by atoms with Crippen molar-refractivity contribution in [3.63, 3.8) is 0 Å². The van der Waals surface area contributed by atoms with Crippen LogP contribution in [0.3, 0.4) is 0 Å². The van der Waals surface area contributed by atoms with E-state index >= 15 is 0 Å². The van der Waals surface area contributed by atoms with Crippen LogP contribution in [0.15, 0.2) is 21.5 Å². The van der Waals surface area contributed by atoms with E-state index in [2.05, 4.69) is 15.9 Å². The van der Waals surface area contributed by atoms with Gasteiger partial charge in [-0.2, -0.15) is 4.31 Å². The number of nitrogens with zero attached hydrogens (tertiary/aromatic N) is 1. The van der Waals surface area contributed by atoms with Crippen LogP contribution in [0.25, 0.3) is 0 Å². The van der Waals surface area contributed by atoms with E-state index in [1.54, 1.807) is 13.1 Å². The lowest BCUT2D eigenvalue weighted by atomic mass is 10.1. The molecule has 1 heterocycles. The molecule has 1 atom stereocenters. The molecule has 2 rings (SSSR count). The molecule has 7 heteroatoms. The van der Waals surface area contributed by atoms with E-state index in [4.69, 9.17) is 10.5 Å². The second-order valence-corrected chi connectivity index (χ2v) is 8.16. The molecule has 21 heavy (non-hydrogen) atoms. The lowest BCUT2D eigenvalue weighted by molar-refractivity contribution is 0.0979.